The maximum absolute atomic E-state index is 13.0. The van der Waals surface area contributed by atoms with Crippen LogP contribution in [0.4, 0.5) is 0 Å². The van der Waals surface area contributed by atoms with E-state index in [0.717, 1.165) is 18.4 Å². The minimum absolute atomic E-state index is 0.169. The normalized spacial score (nSPS) is 11.4. The van der Waals surface area contributed by atoms with Gasteiger partial charge in [-0.1, -0.05) is 38.5 Å². The molecular weight excluding hydrogens is 408 g/mol. The average molecular weight is 437 g/mol. The molecule has 32 heavy (non-hydrogen) atoms. The highest BCUT2D eigenvalue weighted by Gasteiger charge is 2.17. The Morgan fingerprint density at radius 2 is 1.78 bits per heavy atom. The summed E-state index contributed by atoms with van der Waals surface area (Å²) in [7, 11) is 3.14. The van der Waals surface area contributed by atoms with Crippen LogP contribution in [0.1, 0.15) is 49.2 Å². The summed E-state index contributed by atoms with van der Waals surface area (Å²) in [6, 6.07) is 12.5. The molecule has 0 aliphatic heterocycles. The molecule has 8 nitrogen and oxygen atoms in total. The molecule has 0 bridgehead atoms. The van der Waals surface area contributed by atoms with Crippen molar-refractivity contribution in [3.05, 3.63) is 64.1 Å². The molecule has 3 rings (SSSR count). The number of rotatable bonds is 9. The quantitative estimate of drug-likeness (QED) is 0.407. The average Bonchev–Trinajstić information content (AvgIpc) is 2.83. The first-order valence-electron chi connectivity index (χ1n) is 10.6. The van der Waals surface area contributed by atoms with Crippen LogP contribution in [-0.4, -0.2) is 35.6 Å². The van der Waals surface area contributed by atoms with Gasteiger partial charge in [0.1, 0.15) is 0 Å². The maximum Gasteiger partial charge on any atom is 0.292 e. The van der Waals surface area contributed by atoms with Gasteiger partial charge >= 0.3 is 0 Å². The second kappa shape index (κ2) is 10.6. The van der Waals surface area contributed by atoms with E-state index in [1.54, 1.807) is 44.6 Å². The van der Waals surface area contributed by atoms with Crippen LogP contribution in [-0.2, 0) is 6.54 Å². The van der Waals surface area contributed by atoms with E-state index in [9.17, 15) is 9.59 Å². The van der Waals surface area contributed by atoms with E-state index in [0.29, 0.717) is 40.9 Å². The maximum atomic E-state index is 13.0. The molecule has 2 aromatic carbocycles. The molecule has 0 fully saturated rings. The first-order valence-corrected chi connectivity index (χ1v) is 10.6. The molecule has 1 heterocycles. The second-order valence-electron chi connectivity index (χ2n) is 7.20. The van der Waals surface area contributed by atoms with Gasteiger partial charge in [0.25, 0.3) is 11.5 Å². The molecule has 1 amide bonds. The lowest BCUT2D eigenvalue weighted by Crippen LogP contribution is -2.29. The highest BCUT2D eigenvalue weighted by Crippen LogP contribution is 2.28. The third-order valence-corrected chi connectivity index (χ3v) is 5.15. The third kappa shape index (κ3) is 4.80. The number of nitrogens with one attached hydrogen (secondary N) is 1. The summed E-state index contributed by atoms with van der Waals surface area (Å²) in [5.41, 5.74) is 4.05. The number of nitrogens with zero attached hydrogens (tertiary/aromatic N) is 3. The minimum Gasteiger partial charge on any atom is -0.493 e. The van der Waals surface area contributed by atoms with Crippen molar-refractivity contribution in [3.63, 3.8) is 0 Å². The first-order chi connectivity index (χ1) is 15.5. The van der Waals surface area contributed by atoms with Crippen molar-refractivity contribution in [1.29, 1.82) is 0 Å². The van der Waals surface area contributed by atoms with E-state index in [2.05, 4.69) is 15.6 Å². The molecule has 0 aliphatic carbocycles. The smallest absolute Gasteiger partial charge is 0.292 e. The molecule has 0 unspecified atom stereocenters. The van der Waals surface area contributed by atoms with Gasteiger partial charge in [-0.15, -0.1) is 0 Å². The molecule has 0 aliphatic rings. The van der Waals surface area contributed by atoms with E-state index < -0.39 is 5.91 Å². The van der Waals surface area contributed by atoms with Crippen LogP contribution < -0.4 is 20.5 Å². The number of unbranched alkanes of at least 4 members (excludes halogenated alkanes) is 1. The number of benzene rings is 2. The summed E-state index contributed by atoms with van der Waals surface area (Å²) in [6.07, 6.45) is 2.29. The summed E-state index contributed by atoms with van der Waals surface area (Å²) >= 11 is 0. The molecule has 0 saturated heterocycles. The Bertz CT molecular complexity index is 1200. The molecule has 8 heteroatoms. The zero-order chi connectivity index (χ0) is 23.1. The number of carbonyl (C=O) groups excluding carboxylic acids is 1. The van der Waals surface area contributed by atoms with Crippen molar-refractivity contribution in [1.82, 2.24) is 15.2 Å². The topological polar surface area (TPSA) is 94.8 Å². The Morgan fingerprint density at radius 3 is 2.44 bits per heavy atom. The minimum atomic E-state index is -0.474. The number of ether oxygens (including phenoxy) is 2. The number of aromatic nitrogens is 2. The first kappa shape index (κ1) is 23.0. The highest BCUT2D eigenvalue weighted by molar-refractivity contribution is 6.06. The fraction of sp³-hybridized carbons (Fsp3) is 0.333. The van der Waals surface area contributed by atoms with Crippen molar-refractivity contribution in [2.75, 3.05) is 14.2 Å². The number of amides is 1. The van der Waals surface area contributed by atoms with Gasteiger partial charge in [-0.3, -0.25) is 9.59 Å². The molecule has 0 saturated carbocycles. The number of methoxy groups -OCH3 is 2. The van der Waals surface area contributed by atoms with Gasteiger partial charge in [0, 0.05) is 17.5 Å². The van der Waals surface area contributed by atoms with E-state index >= 15 is 0 Å². The van der Waals surface area contributed by atoms with Crippen molar-refractivity contribution in [2.24, 2.45) is 5.10 Å². The summed E-state index contributed by atoms with van der Waals surface area (Å²) in [6.45, 7) is 4.44. The molecular formula is C24H28N4O4. The number of aryl methyl sites for hydroxylation is 1. The lowest BCUT2D eigenvalue weighted by atomic mass is 10.1. The van der Waals surface area contributed by atoms with Crippen LogP contribution in [0.25, 0.3) is 10.8 Å². The Morgan fingerprint density at radius 1 is 1.06 bits per heavy atom. The molecule has 0 atom stereocenters. The largest absolute Gasteiger partial charge is 0.493 e. The fourth-order valence-electron chi connectivity index (χ4n) is 3.40. The van der Waals surface area contributed by atoms with Crippen molar-refractivity contribution in [2.45, 2.75) is 39.7 Å². The molecule has 168 valence electrons. The number of carbonyl (C=O) groups is 1. The Balaban J connectivity index is 1.96. The predicted octanol–water partition coefficient (Wildman–Crippen LogP) is 3.76. The molecule has 0 spiro atoms. The lowest BCUT2D eigenvalue weighted by Gasteiger charge is -2.12. The van der Waals surface area contributed by atoms with Gasteiger partial charge in [-0.25, -0.2) is 10.1 Å². The fourth-order valence-corrected chi connectivity index (χ4v) is 3.40. The zero-order valence-corrected chi connectivity index (χ0v) is 18.8. The number of fused-ring (bicyclic) bond motifs is 1. The van der Waals surface area contributed by atoms with Gasteiger partial charge in [0.2, 0.25) is 0 Å². The van der Waals surface area contributed by atoms with Gasteiger partial charge in [0.05, 0.1) is 25.3 Å². The van der Waals surface area contributed by atoms with Gasteiger partial charge in [-0.2, -0.15) is 10.2 Å². The number of hydrogen-bond donors (Lipinski definition) is 1. The second-order valence-corrected chi connectivity index (χ2v) is 7.20. The number of hydrogen-bond acceptors (Lipinski definition) is 6. The van der Waals surface area contributed by atoms with Crippen LogP contribution in [0, 0.1) is 0 Å². The van der Waals surface area contributed by atoms with Gasteiger partial charge in [-0.05, 0) is 37.1 Å². The van der Waals surface area contributed by atoms with Crippen molar-refractivity contribution < 1.29 is 14.3 Å². The predicted molar refractivity (Wildman–Crippen MR) is 125 cm³/mol. The Labute approximate surface area is 186 Å². The van der Waals surface area contributed by atoms with Gasteiger partial charge < -0.3 is 9.47 Å². The number of hydrazone groups is 1. The van der Waals surface area contributed by atoms with Crippen LogP contribution in [0.2, 0.25) is 0 Å². The monoisotopic (exact) mass is 436 g/mol. The molecule has 3 aromatic rings. The van der Waals surface area contributed by atoms with E-state index in [-0.39, 0.29) is 11.3 Å². The summed E-state index contributed by atoms with van der Waals surface area (Å²) in [4.78, 5) is 25.8. The Hall–Kier alpha value is -3.68. The lowest BCUT2D eigenvalue weighted by molar-refractivity contribution is 0.0949. The third-order valence-electron chi connectivity index (χ3n) is 5.15. The Kier molecular flexibility index (Phi) is 7.59. The van der Waals surface area contributed by atoms with Crippen LogP contribution in [0.15, 0.2) is 52.4 Å². The zero-order valence-electron chi connectivity index (χ0n) is 18.8. The van der Waals surface area contributed by atoms with Crippen molar-refractivity contribution in [3.8, 4) is 11.5 Å². The van der Waals surface area contributed by atoms with Gasteiger partial charge in [0.15, 0.2) is 17.2 Å². The summed E-state index contributed by atoms with van der Waals surface area (Å²) < 4.78 is 12.0. The van der Waals surface area contributed by atoms with Crippen LogP contribution in [0.3, 0.4) is 0 Å². The summed E-state index contributed by atoms with van der Waals surface area (Å²) in [5, 5.41) is 9.65. The molecule has 1 aromatic heterocycles. The molecule has 0 radical (unpaired) electrons. The SMILES string of the molecule is CCCCn1nc(C(=O)N/N=C(\CC)c2ccc(OC)c(OC)c2)c2ccccc2c1=O. The van der Waals surface area contributed by atoms with E-state index in [1.807, 2.05) is 26.0 Å². The molecule has 1 N–H and O–H groups in total. The highest BCUT2D eigenvalue weighted by atomic mass is 16.5. The van der Waals surface area contributed by atoms with Crippen LogP contribution >= 0.6 is 0 Å². The summed E-state index contributed by atoms with van der Waals surface area (Å²) in [5.74, 6) is 0.715. The standard InChI is InChI=1S/C24H28N4O4/c1-5-7-14-28-24(30)18-11-9-8-10-17(18)22(27-28)23(29)26-25-19(6-2)16-12-13-20(31-3)21(15-16)32-4/h8-13,15H,5-7,14H2,1-4H3,(H,26,29)/b25-19+. The van der Waals surface area contributed by atoms with Crippen molar-refractivity contribution >= 4 is 22.4 Å². The van der Waals surface area contributed by atoms with E-state index in [1.165, 1.54) is 4.68 Å². The van der Waals surface area contributed by atoms with E-state index in [4.69, 9.17) is 9.47 Å². The van der Waals surface area contributed by atoms with Crippen LogP contribution in [0.5, 0.6) is 11.5 Å².